The summed E-state index contributed by atoms with van der Waals surface area (Å²) in [7, 11) is -3.75. The zero-order valence-electron chi connectivity index (χ0n) is 18.1. The van der Waals surface area contributed by atoms with Gasteiger partial charge in [-0.25, -0.2) is 8.42 Å². The van der Waals surface area contributed by atoms with E-state index in [1.807, 2.05) is 13.8 Å². The Morgan fingerprint density at radius 3 is 2.57 bits per heavy atom. The molecule has 0 spiro atoms. The highest BCUT2D eigenvalue weighted by molar-refractivity contribution is 7.89. The van der Waals surface area contributed by atoms with E-state index in [0.29, 0.717) is 43.3 Å². The van der Waals surface area contributed by atoms with Crippen molar-refractivity contribution in [3.63, 3.8) is 0 Å². The summed E-state index contributed by atoms with van der Waals surface area (Å²) < 4.78 is 38.0. The van der Waals surface area contributed by atoms with Crippen molar-refractivity contribution in [2.75, 3.05) is 19.6 Å². The molecule has 1 aliphatic rings. The summed E-state index contributed by atoms with van der Waals surface area (Å²) >= 11 is 0. The van der Waals surface area contributed by atoms with Crippen molar-refractivity contribution in [1.82, 2.24) is 24.5 Å². The number of nitrogens with zero attached hydrogens (tertiary/aromatic N) is 5. The molecule has 1 atom stereocenters. The van der Waals surface area contributed by atoms with Crippen LogP contribution in [0.4, 0.5) is 0 Å². The van der Waals surface area contributed by atoms with E-state index in [1.54, 1.807) is 18.7 Å². The first kappa shape index (κ1) is 22.4. The van der Waals surface area contributed by atoms with Crippen molar-refractivity contribution in [1.29, 1.82) is 0 Å². The molecule has 1 aliphatic heterocycles. The number of carbonyl (C=O) groups excluding carboxylic acids is 1. The number of carbonyl (C=O) groups is 1. The van der Waals surface area contributed by atoms with Gasteiger partial charge >= 0.3 is 0 Å². The number of hydrogen-bond donors (Lipinski definition) is 0. The lowest BCUT2D eigenvalue weighted by molar-refractivity contribution is -0.131. The first-order chi connectivity index (χ1) is 14.1. The predicted octanol–water partition coefficient (Wildman–Crippen LogP) is 2.04. The molecule has 2 aromatic heterocycles. The Balaban J connectivity index is 1.73. The first-order valence-electron chi connectivity index (χ1n) is 10.1. The standard InChI is InChI=1S/C19H29N5O5S/c1-12(2)19-20-17(22-29-19)8-10-24(15(5)25)16-7-6-9-23(11-16)30(26,27)18-13(3)21-28-14(18)4/h12,16H,6-11H2,1-5H3. The Morgan fingerprint density at radius 2 is 2.00 bits per heavy atom. The highest BCUT2D eigenvalue weighted by Gasteiger charge is 2.36. The number of aromatic nitrogens is 3. The third-order valence-electron chi connectivity index (χ3n) is 5.32. The van der Waals surface area contributed by atoms with E-state index in [-0.39, 0.29) is 35.1 Å². The monoisotopic (exact) mass is 439 g/mol. The molecule has 0 N–H and O–H groups in total. The van der Waals surface area contributed by atoms with Crippen LogP contribution in [0.2, 0.25) is 0 Å². The van der Waals surface area contributed by atoms with E-state index < -0.39 is 10.0 Å². The fourth-order valence-electron chi connectivity index (χ4n) is 3.79. The summed E-state index contributed by atoms with van der Waals surface area (Å²) in [6, 6.07) is -0.219. The molecule has 0 radical (unpaired) electrons. The Morgan fingerprint density at radius 1 is 1.27 bits per heavy atom. The summed E-state index contributed by atoms with van der Waals surface area (Å²) in [5.41, 5.74) is 0.344. The minimum absolute atomic E-state index is 0.107. The number of amides is 1. The predicted molar refractivity (Wildman–Crippen MR) is 107 cm³/mol. The maximum atomic E-state index is 13.2. The van der Waals surface area contributed by atoms with Gasteiger partial charge in [-0.2, -0.15) is 9.29 Å². The molecule has 0 bridgehead atoms. The fraction of sp³-hybridized carbons (Fsp3) is 0.684. The van der Waals surface area contributed by atoms with Crippen LogP contribution < -0.4 is 0 Å². The summed E-state index contributed by atoms with van der Waals surface area (Å²) in [6.07, 6.45) is 1.84. The van der Waals surface area contributed by atoms with Crippen LogP contribution in [0.25, 0.3) is 0 Å². The largest absolute Gasteiger partial charge is 0.360 e. The molecule has 0 aliphatic carbocycles. The second-order valence-corrected chi connectivity index (χ2v) is 9.85. The molecule has 1 amide bonds. The van der Waals surface area contributed by atoms with Crippen molar-refractivity contribution in [3.05, 3.63) is 23.2 Å². The third-order valence-corrected chi connectivity index (χ3v) is 7.43. The van der Waals surface area contributed by atoms with Crippen LogP contribution in [0.5, 0.6) is 0 Å². The van der Waals surface area contributed by atoms with E-state index in [4.69, 9.17) is 9.05 Å². The molecular weight excluding hydrogens is 410 g/mol. The van der Waals surface area contributed by atoms with Crippen molar-refractivity contribution in [3.8, 4) is 0 Å². The third kappa shape index (κ3) is 4.56. The number of rotatable bonds is 7. The maximum absolute atomic E-state index is 13.2. The summed E-state index contributed by atoms with van der Waals surface area (Å²) in [6.45, 7) is 9.67. The second-order valence-electron chi connectivity index (χ2n) is 7.98. The SMILES string of the molecule is CC(=O)N(CCc1noc(C(C)C)n1)C1CCCN(S(=O)(=O)c2c(C)noc2C)C1. The number of piperidine rings is 1. The Kier molecular flexibility index (Phi) is 6.61. The smallest absolute Gasteiger partial charge is 0.248 e. The van der Waals surface area contributed by atoms with Gasteiger partial charge in [-0.15, -0.1) is 0 Å². The summed E-state index contributed by atoms with van der Waals surface area (Å²) in [4.78, 5) is 18.5. The van der Waals surface area contributed by atoms with Gasteiger partial charge in [0.05, 0.1) is 0 Å². The quantitative estimate of drug-likeness (QED) is 0.642. The summed E-state index contributed by atoms with van der Waals surface area (Å²) in [5, 5.41) is 7.74. The van der Waals surface area contributed by atoms with Crippen LogP contribution >= 0.6 is 0 Å². The van der Waals surface area contributed by atoms with Gasteiger partial charge < -0.3 is 13.9 Å². The first-order valence-corrected chi connectivity index (χ1v) is 11.6. The molecule has 3 heterocycles. The van der Waals surface area contributed by atoms with Crippen molar-refractivity contribution in [2.45, 2.75) is 70.7 Å². The lowest BCUT2D eigenvalue weighted by Crippen LogP contribution is -2.51. The van der Waals surface area contributed by atoms with E-state index in [2.05, 4.69) is 15.3 Å². The number of sulfonamides is 1. The van der Waals surface area contributed by atoms with E-state index in [9.17, 15) is 13.2 Å². The van der Waals surface area contributed by atoms with Crippen LogP contribution in [-0.2, 0) is 21.2 Å². The van der Waals surface area contributed by atoms with Crippen molar-refractivity contribution in [2.24, 2.45) is 0 Å². The molecule has 1 unspecified atom stereocenters. The van der Waals surface area contributed by atoms with E-state index in [0.717, 1.165) is 6.42 Å². The minimum Gasteiger partial charge on any atom is -0.360 e. The lowest BCUT2D eigenvalue weighted by Gasteiger charge is -2.38. The fourth-order valence-corrected chi connectivity index (χ4v) is 5.59. The van der Waals surface area contributed by atoms with Gasteiger partial charge in [-0.3, -0.25) is 4.79 Å². The molecule has 3 rings (SSSR count). The zero-order chi connectivity index (χ0) is 22.1. The lowest BCUT2D eigenvalue weighted by atomic mass is 10.1. The minimum atomic E-state index is -3.75. The van der Waals surface area contributed by atoms with Gasteiger partial charge in [-0.05, 0) is 26.7 Å². The topological polar surface area (TPSA) is 123 Å². The summed E-state index contributed by atoms with van der Waals surface area (Å²) in [5.74, 6) is 1.41. The van der Waals surface area contributed by atoms with Gasteiger partial charge in [0.25, 0.3) is 0 Å². The van der Waals surface area contributed by atoms with E-state index in [1.165, 1.54) is 11.2 Å². The van der Waals surface area contributed by atoms with Gasteiger partial charge in [0.2, 0.25) is 21.8 Å². The van der Waals surface area contributed by atoms with E-state index >= 15 is 0 Å². The molecule has 0 saturated carbocycles. The van der Waals surface area contributed by atoms with Gasteiger partial charge in [-0.1, -0.05) is 24.2 Å². The van der Waals surface area contributed by atoms with Crippen LogP contribution in [-0.4, -0.2) is 64.5 Å². The van der Waals surface area contributed by atoms with Gasteiger partial charge in [0, 0.05) is 44.9 Å². The van der Waals surface area contributed by atoms with Crippen molar-refractivity contribution >= 4 is 15.9 Å². The van der Waals surface area contributed by atoms with Crippen LogP contribution in [0.3, 0.4) is 0 Å². The highest BCUT2D eigenvalue weighted by atomic mass is 32.2. The molecule has 30 heavy (non-hydrogen) atoms. The Hall–Kier alpha value is -2.27. The maximum Gasteiger partial charge on any atom is 0.248 e. The molecule has 11 heteroatoms. The molecule has 1 fully saturated rings. The van der Waals surface area contributed by atoms with Crippen LogP contribution in [0, 0.1) is 13.8 Å². The molecule has 166 valence electrons. The van der Waals surface area contributed by atoms with Gasteiger partial charge in [0.1, 0.15) is 10.6 Å². The molecule has 2 aromatic rings. The molecule has 0 aromatic carbocycles. The Bertz CT molecular complexity index is 977. The number of hydrogen-bond acceptors (Lipinski definition) is 8. The number of aryl methyl sites for hydroxylation is 2. The average Bonchev–Trinajstić information content (AvgIpc) is 3.29. The molecular formula is C19H29N5O5S. The van der Waals surface area contributed by atoms with Crippen molar-refractivity contribution < 1.29 is 22.3 Å². The zero-order valence-corrected chi connectivity index (χ0v) is 18.9. The Labute approximate surface area is 176 Å². The highest BCUT2D eigenvalue weighted by Crippen LogP contribution is 2.27. The second kappa shape index (κ2) is 8.84. The molecule has 1 saturated heterocycles. The average molecular weight is 440 g/mol. The molecule has 10 nitrogen and oxygen atoms in total. The normalized spacial score (nSPS) is 18.1. The van der Waals surface area contributed by atoms with Gasteiger partial charge in [0.15, 0.2) is 11.6 Å². The van der Waals surface area contributed by atoms with Crippen LogP contribution in [0.1, 0.15) is 62.7 Å². The van der Waals surface area contributed by atoms with Crippen LogP contribution in [0.15, 0.2) is 13.9 Å².